The van der Waals surface area contributed by atoms with Crippen molar-refractivity contribution in [2.45, 2.75) is 32.0 Å². The smallest absolute Gasteiger partial charge is 0.471 e. The summed E-state index contributed by atoms with van der Waals surface area (Å²) in [4.78, 5) is 32.0. The zero-order valence-electron chi connectivity index (χ0n) is 9.37. The maximum atomic E-state index is 11.9. The summed E-state index contributed by atoms with van der Waals surface area (Å²) in [6, 6.07) is -1.92. The van der Waals surface area contributed by atoms with Gasteiger partial charge in [-0.15, -0.1) is 0 Å². The molecule has 0 heterocycles. The van der Waals surface area contributed by atoms with Crippen LogP contribution in [0.2, 0.25) is 0 Å². The molecule has 0 rings (SSSR count). The van der Waals surface area contributed by atoms with Crippen LogP contribution in [0.15, 0.2) is 0 Å². The Labute approximate surface area is 100 Å². The van der Waals surface area contributed by atoms with Crippen LogP contribution in [0.4, 0.5) is 13.2 Å². The first-order valence-electron chi connectivity index (χ1n) is 4.92. The molecule has 0 aromatic heterocycles. The SMILES string of the molecule is CCCOC(=O)[C@H](CC(=O)[O-])NC(=O)C(F)(F)F. The second-order valence-corrected chi connectivity index (χ2v) is 3.27. The summed E-state index contributed by atoms with van der Waals surface area (Å²) in [5.41, 5.74) is 0. The summed E-state index contributed by atoms with van der Waals surface area (Å²) >= 11 is 0. The molecule has 18 heavy (non-hydrogen) atoms. The molecule has 0 aromatic rings. The number of amides is 1. The summed E-state index contributed by atoms with van der Waals surface area (Å²) in [6.07, 6.45) is -5.91. The maximum absolute atomic E-state index is 11.9. The van der Waals surface area contributed by atoms with Crippen molar-refractivity contribution in [1.82, 2.24) is 5.32 Å². The Morgan fingerprint density at radius 3 is 2.28 bits per heavy atom. The lowest BCUT2D eigenvalue weighted by Gasteiger charge is -2.18. The van der Waals surface area contributed by atoms with Crippen molar-refractivity contribution in [2.24, 2.45) is 0 Å². The number of hydrogen-bond acceptors (Lipinski definition) is 5. The molecule has 0 aliphatic carbocycles. The van der Waals surface area contributed by atoms with Crippen molar-refractivity contribution < 1.29 is 37.4 Å². The molecule has 104 valence electrons. The second kappa shape index (κ2) is 6.82. The zero-order chi connectivity index (χ0) is 14.3. The van der Waals surface area contributed by atoms with Crippen LogP contribution >= 0.6 is 0 Å². The Balaban J connectivity index is 4.63. The number of esters is 1. The standard InChI is InChI=1S/C9H12F3NO5/c1-2-3-18-7(16)5(4-6(14)15)13-8(17)9(10,11)12/h5H,2-4H2,1H3,(H,13,17)(H,14,15)/p-1/t5-/m0/s1. The third-order valence-electron chi connectivity index (χ3n) is 1.67. The third-order valence-corrected chi connectivity index (χ3v) is 1.67. The van der Waals surface area contributed by atoms with Crippen molar-refractivity contribution in [3.05, 3.63) is 0 Å². The third kappa shape index (κ3) is 6.06. The topological polar surface area (TPSA) is 95.5 Å². The van der Waals surface area contributed by atoms with Gasteiger partial charge in [-0.05, 0) is 6.42 Å². The molecular formula is C9H11F3NO5-. The number of halogens is 3. The molecule has 0 unspecified atom stereocenters. The van der Waals surface area contributed by atoms with Gasteiger partial charge in [0.25, 0.3) is 0 Å². The highest BCUT2D eigenvalue weighted by molar-refractivity contribution is 5.89. The van der Waals surface area contributed by atoms with E-state index in [1.807, 2.05) is 0 Å². The van der Waals surface area contributed by atoms with E-state index in [2.05, 4.69) is 4.74 Å². The fraction of sp³-hybridized carbons (Fsp3) is 0.667. The summed E-state index contributed by atoms with van der Waals surface area (Å²) < 4.78 is 40.3. The molecule has 0 bridgehead atoms. The monoisotopic (exact) mass is 270 g/mol. The fourth-order valence-electron chi connectivity index (χ4n) is 0.903. The van der Waals surface area contributed by atoms with E-state index < -0.39 is 36.5 Å². The minimum atomic E-state index is -5.21. The van der Waals surface area contributed by atoms with Gasteiger partial charge >= 0.3 is 18.1 Å². The molecule has 0 radical (unpaired) electrons. The lowest BCUT2D eigenvalue weighted by Crippen LogP contribution is -2.49. The lowest BCUT2D eigenvalue weighted by atomic mass is 10.2. The first-order chi connectivity index (χ1) is 8.18. The van der Waals surface area contributed by atoms with Crippen LogP contribution in [-0.2, 0) is 19.1 Å². The number of ether oxygens (including phenoxy) is 1. The second-order valence-electron chi connectivity index (χ2n) is 3.27. The van der Waals surface area contributed by atoms with Crippen LogP contribution < -0.4 is 10.4 Å². The highest BCUT2D eigenvalue weighted by Gasteiger charge is 2.41. The zero-order valence-corrected chi connectivity index (χ0v) is 9.37. The molecule has 0 aliphatic heterocycles. The summed E-state index contributed by atoms with van der Waals surface area (Å²) in [6.45, 7) is 1.54. The number of carboxylic acid groups (broad SMARTS) is 1. The van der Waals surface area contributed by atoms with E-state index in [0.717, 1.165) is 0 Å². The van der Waals surface area contributed by atoms with E-state index in [0.29, 0.717) is 6.42 Å². The minimum Gasteiger partial charge on any atom is -0.550 e. The molecule has 1 amide bonds. The molecule has 0 spiro atoms. The number of nitrogens with one attached hydrogen (secondary N) is 1. The fourth-order valence-corrected chi connectivity index (χ4v) is 0.903. The van der Waals surface area contributed by atoms with Gasteiger partial charge in [-0.25, -0.2) is 4.79 Å². The van der Waals surface area contributed by atoms with E-state index in [-0.39, 0.29) is 6.61 Å². The molecule has 1 N–H and O–H groups in total. The van der Waals surface area contributed by atoms with Crippen molar-refractivity contribution in [3.63, 3.8) is 0 Å². The molecule has 9 heteroatoms. The number of alkyl halides is 3. The quantitative estimate of drug-likeness (QED) is 0.633. The van der Waals surface area contributed by atoms with Crippen molar-refractivity contribution in [1.29, 1.82) is 0 Å². The Kier molecular flexibility index (Phi) is 6.14. The van der Waals surface area contributed by atoms with Gasteiger partial charge in [-0.1, -0.05) is 6.92 Å². The molecule has 6 nitrogen and oxygen atoms in total. The predicted octanol–water partition coefficient (Wildman–Crippen LogP) is -0.873. The molecule has 0 fully saturated rings. The van der Waals surface area contributed by atoms with E-state index in [4.69, 9.17) is 0 Å². The summed E-state index contributed by atoms with van der Waals surface area (Å²) in [7, 11) is 0. The van der Waals surface area contributed by atoms with Crippen molar-refractivity contribution in [3.8, 4) is 0 Å². The van der Waals surface area contributed by atoms with E-state index >= 15 is 0 Å². The molecule has 0 saturated carbocycles. The average molecular weight is 270 g/mol. The van der Waals surface area contributed by atoms with Gasteiger partial charge in [-0.2, -0.15) is 13.2 Å². The normalized spacial score (nSPS) is 12.7. The Bertz CT molecular complexity index is 329. The van der Waals surface area contributed by atoms with Crippen molar-refractivity contribution in [2.75, 3.05) is 6.61 Å². The molecule has 1 atom stereocenters. The summed E-state index contributed by atoms with van der Waals surface area (Å²) in [5, 5.41) is 11.5. The highest BCUT2D eigenvalue weighted by atomic mass is 19.4. The molecule has 0 aliphatic rings. The van der Waals surface area contributed by atoms with Crippen LogP contribution in [0.3, 0.4) is 0 Å². The van der Waals surface area contributed by atoms with Gasteiger partial charge in [0.2, 0.25) is 0 Å². The van der Waals surface area contributed by atoms with Crippen LogP contribution in [0.5, 0.6) is 0 Å². The number of aliphatic carboxylic acids is 1. The predicted molar refractivity (Wildman–Crippen MR) is 48.9 cm³/mol. The van der Waals surface area contributed by atoms with Gasteiger partial charge in [0.15, 0.2) is 0 Å². The van der Waals surface area contributed by atoms with E-state index in [1.165, 1.54) is 5.32 Å². The maximum Gasteiger partial charge on any atom is 0.471 e. The first kappa shape index (κ1) is 16.2. The van der Waals surface area contributed by atoms with Crippen LogP contribution in [0, 0.1) is 0 Å². The van der Waals surface area contributed by atoms with E-state index in [1.54, 1.807) is 6.92 Å². The van der Waals surface area contributed by atoms with E-state index in [9.17, 15) is 32.7 Å². The largest absolute Gasteiger partial charge is 0.550 e. The van der Waals surface area contributed by atoms with Crippen LogP contribution in [0.1, 0.15) is 19.8 Å². The van der Waals surface area contributed by atoms with Gasteiger partial charge in [0.1, 0.15) is 6.04 Å². The average Bonchev–Trinajstić information content (AvgIpc) is 2.22. The Morgan fingerprint density at radius 2 is 1.89 bits per heavy atom. The number of carbonyl (C=O) groups excluding carboxylic acids is 3. The van der Waals surface area contributed by atoms with Gasteiger partial charge in [0, 0.05) is 12.4 Å². The molecular weight excluding hydrogens is 259 g/mol. The van der Waals surface area contributed by atoms with Crippen LogP contribution in [0.25, 0.3) is 0 Å². The Hall–Kier alpha value is -1.80. The van der Waals surface area contributed by atoms with Crippen molar-refractivity contribution >= 4 is 17.8 Å². The molecule has 0 aromatic carbocycles. The number of rotatable bonds is 6. The minimum absolute atomic E-state index is 0.0930. The Morgan fingerprint density at radius 1 is 1.33 bits per heavy atom. The number of carboxylic acids is 1. The number of carbonyl (C=O) groups is 3. The number of hydrogen-bond donors (Lipinski definition) is 1. The van der Waals surface area contributed by atoms with Gasteiger partial charge in [-0.3, -0.25) is 4.79 Å². The van der Waals surface area contributed by atoms with Crippen LogP contribution in [-0.4, -0.2) is 36.7 Å². The lowest BCUT2D eigenvalue weighted by molar-refractivity contribution is -0.306. The van der Waals surface area contributed by atoms with Gasteiger partial charge in [0.05, 0.1) is 6.61 Å². The molecule has 0 saturated heterocycles. The highest BCUT2D eigenvalue weighted by Crippen LogP contribution is 2.15. The van der Waals surface area contributed by atoms with Gasteiger partial charge < -0.3 is 20.0 Å². The first-order valence-corrected chi connectivity index (χ1v) is 4.92. The summed E-state index contributed by atoms with van der Waals surface area (Å²) in [5.74, 6) is -5.45.